The molecule has 1 amide bonds. The molecule has 1 unspecified atom stereocenters. The minimum Gasteiger partial charge on any atom is -0.347 e. The topological polar surface area (TPSA) is 46.1 Å². The average molecular weight is 358 g/mol. The first-order valence-corrected chi connectivity index (χ1v) is 7.88. The fourth-order valence-corrected chi connectivity index (χ4v) is 3.08. The molecule has 0 bridgehead atoms. The summed E-state index contributed by atoms with van der Waals surface area (Å²) in [5.74, 6) is 0.0988. The molecule has 1 aliphatic rings. The van der Waals surface area contributed by atoms with Gasteiger partial charge in [-0.25, -0.2) is 0 Å². The molecule has 6 heteroatoms. The molecule has 2 aromatic rings. The number of carbonyl (C=O) groups excluding carboxylic acids is 1. The largest absolute Gasteiger partial charge is 0.347 e. The summed E-state index contributed by atoms with van der Waals surface area (Å²) in [5.41, 5.74) is 2.12. The van der Waals surface area contributed by atoms with Gasteiger partial charge in [0.2, 0.25) is 5.91 Å². The Labute approximate surface area is 149 Å². The second-order valence-electron chi connectivity index (χ2n) is 5.83. The van der Waals surface area contributed by atoms with Gasteiger partial charge in [0.15, 0.2) is 0 Å². The number of nitrogens with zero attached hydrogens (tertiary/aromatic N) is 1. The van der Waals surface area contributed by atoms with Crippen molar-refractivity contribution in [2.45, 2.75) is 45.2 Å². The molecular weight excluding hydrogens is 333 g/mol. The first-order chi connectivity index (χ1) is 10.3. The average Bonchev–Trinajstić information content (AvgIpc) is 3.09. The maximum absolute atomic E-state index is 12.1. The Morgan fingerprint density at radius 1 is 1.35 bits per heavy atom. The normalized spacial score (nSPS) is 16.7. The molecule has 128 valence electrons. The van der Waals surface area contributed by atoms with E-state index in [1.165, 1.54) is 17.3 Å². The first kappa shape index (κ1) is 19.8. The molecule has 3 rings (SSSR count). The first-order valence-electron chi connectivity index (χ1n) is 7.88. The predicted molar refractivity (Wildman–Crippen MR) is 101 cm³/mol. The minimum absolute atomic E-state index is 0. The van der Waals surface area contributed by atoms with Gasteiger partial charge >= 0.3 is 0 Å². The van der Waals surface area contributed by atoms with Crippen molar-refractivity contribution in [3.8, 4) is 0 Å². The van der Waals surface area contributed by atoms with E-state index in [2.05, 4.69) is 46.5 Å². The van der Waals surface area contributed by atoms with Gasteiger partial charge in [-0.05, 0) is 50.1 Å². The standard InChI is InChI=1S/C17H23N3O.2ClH/c1-2-9-20-10-7-13-11-15(5-6-16(13)20)19-17(21)12-14-4-3-8-18-14;;/h5-7,10-11,14,18H,2-4,8-9,12H2,1H3,(H,19,21);2*1H. The van der Waals surface area contributed by atoms with Crippen molar-refractivity contribution in [3.63, 3.8) is 0 Å². The van der Waals surface area contributed by atoms with Gasteiger partial charge in [-0.15, -0.1) is 24.8 Å². The number of nitrogens with one attached hydrogen (secondary N) is 2. The van der Waals surface area contributed by atoms with E-state index in [1.807, 2.05) is 6.07 Å². The van der Waals surface area contributed by atoms with Crippen LogP contribution in [0.3, 0.4) is 0 Å². The molecule has 0 spiro atoms. The van der Waals surface area contributed by atoms with Crippen molar-refractivity contribution in [2.75, 3.05) is 11.9 Å². The quantitative estimate of drug-likeness (QED) is 0.849. The molecule has 1 atom stereocenters. The van der Waals surface area contributed by atoms with Crippen LogP contribution >= 0.6 is 24.8 Å². The summed E-state index contributed by atoms with van der Waals surface area (Å²) in [6.07, 6.45) is 6.08. The zero-order chi connectivity index (χ0) is 14.7. The molecule has 1 aromatic heterocycles. The lowest BCUT2D eigenvalue weighted by Crippen LogP contribution is -2.27. The van der Waals surface area contributed by atoms with Gasteiger partial charge in [-0.2, -0.15) is 0 Å². The van der Waals surface area contributed by atoms with Crippen LogP contribution in [-0.2, 0) is 11.3 Å². The maximum atomic E-state index is 12.1. The number of fused-ring (bicyclic) bond motifs is 1. The number of carbonyl (C=O) groups is 1. The summed E-state index contributed by atoms with van der Waals surface area (Å²) in [6, 6.07) is 8.60. The third-order valence-corrected chi connectivity index (χ3v) is 4.11. The van der Waals surface area contributed by atoms with Gasteiger partial charge in [-0.1, -0.05) is 6.92 Å². The highest BCUT2D eigenvalue weighted by molar-refractivity contribution is 5.94. The predicted octanol–water partition coefficient (Wildman–Crippen LogP) is 3.98. The van der Waals surface area contributed by atoms with Gasteiger partial charge < -0.3 is 15.2 Å². The molecule has 23 heavy (non-hydrogen) atoms. The van der Waals surface area contributed by atoms with Crippen LogP contribution in [0.25, 0.3) is 10.9 Å². The molecule has 1 aliphatic heterocycles. The monoisotopic (exact) mass is 357 g/mol. The fourth-order valence-electron chi connectivity index (χ4n) is 3.08. The van der Waals surface area contributed by atoms with E-state index < -0.39 is 0 Å². The number of aromatic nitrogens is 1. The molecule has 1 aromatic carbocycles. The van der Waals surface area contributed by atoms with Crippen LogP contribution in [0.5, 0.6) is 0 Å². The maximum Gasteiger partial charge on any atom is 0.225 e. The zero-order valence-electron chi connectivity index (χ0n) is 13.4. The molecule has 1 saturated heterocycles. The van der Waals surface area contributed by atoms with Gasteiger partial charge in [0.1, 0.15) is 0 Å². The Morgan fingerprint density at radius 3 is 2.87 bits per heavy atom. The molecule has 2 heterocycles. The van der Waals surface area contributed by atoms with E-state index in [0.717, 1.165) is 31.6 Å². The van der Waals surface area contributed by atoms with Crippen molar-refractivity contribution in [1.29, 1.82) is 0 Å². The molecule has 1 fully saturated rings. The zero-order valence-corrected chi connectivity index (χ0v) is 15.0. The van der Waals surface area contributed by atoms with Crippen molar-refractivity contribution in [3.05, 3.63) is 30.5 Å². The molecule has 4 nitrogen and oxygen atoms in total. The van der Waals surface area contributed by atoms with Crippen LogP contribution in [0.15, 0.2) is 30.5 Å². The number of hydrogen-bond donors (Lipinski definition) is 2. The Morgan fingerprint density at radius 2 is 2.17 bits per heavy atom. The lowest BCUT2D eigenvalue weighted by Gasteiger charge is -2.11. The van der Waals surface area contributed by atoms with Crippen LogP contribution in [0, 0.1) is 0 Å². The van der Waals surface area contributed by atoms with E-state index in [0.29, 0.717) is 12.5 Å². The van der Waals surface area contributed by atoms with Crippen molar-refractivity contribution >= 4 is 47.3 Å². The summed E-state index contributed by atoms with van der Waals surface area (Å²) in [5, 5.41) is 7.55. The summed E-state index contributed by atoms with van der Waals surface area (Å²) < 4.78 is 2.25. The van der Waals surface area contributed by atoms with E-state index in [4.69, 9.17) is 0 Å². The Hall–Kier alpha value is -1.23. The molecular formula is C17H25Cl2N3O. The van der Waals surface area contributed by atoms with Gasteiger partial charge in [0.05, 0.1) is 0 Å². The number of amides is 1. The molecule has 0 radical (unpaired) electrons. The SMILES string of the molecule is CCCn1ccc2cc(NC(=O)CC3CCCN3)ccc21.Cl.Cl. The number of anilines is 1. The highest BCUT2D eigenvalue weighted by Crippen LogP contribution is 2.21. The molecule has 0 aliphatic carbocycles. The van der Waals surface area contributed by atoms with E-state index >= 15 is 0 Å². The third-order valence-electron chi connectivity index (χ3n) is 4.11. The van der Waals surface area contributed by atoms with Crippen LogP contribution < -0.4 is 10.6 Å². The van der Waals surface area contributed by atoms with Crippen LogP contribution in [0.4, 0.5) is 5.69 Å². The van der Waals surface area contributed by atoms with Crippen LogP contribution in [-0.4, -0.2) is 23.1 Å². The summed E-state index contributed by atoms with van der Waals surface area (Å²) in [4.78, 5) is 12.1. The molecule has 2 N–H and O–H groups in total. The van der Waals surface area contributed by atoms with Gasteiger partial charge in [0.25, 0.3) is 0 Å². The van der Waals surface area contributed by atoms with Crippen LogP contribution in [0.2, 0.25) is 0 Å². The van der Waals surface area contributed by atoms with Crippen molar-refractivity contribution in [1.82, 2.24) is 9.88 Å². The second-order valence-corrected chi connectivity index (χ2v) is 5.83. The van der Waals surface area contributed by atoms with E-state index in [9.17, 15) is 4.79 Å². The number of aryl methyl sites for hydroxylation is 1. The fraction of sp³-hybridized carbons (Fsp3) is 0.471. The summed E-state index contributed by atoms with van der Waals surface area (Å²) in [7, 11) is 0. The van der Waals surface area contributed by atoms with Crippen LogP contribution in [0.1, 0.15) is 32.6 Å². The Kier molecular flexibility index (Phi) is 7.89. The minimum atomic E-state index is 0. The van der Waals surface area contributed by atoms with E-state index in [-0.39, 0.29) is 30.7 Å². The summed E-state index contributed by atoms with van der Waals surface area (Å²) in [6.45, 7) is 4.24. The van der Waals surface area contributed by atoms with Gasteiger partial charge in [-0.3, -0.25) is 4.79 Å². The Balaban J connectivity index is 0.00000132. The van der Waals surface area contributed by atoms with E-state index in [1.54, 1.807) is 0 Å². The highest BCUT2D eigenvalue weighted by atomic mass is 35.5. The molecule has 0 saturated carbocycles. The number of halogens is 2. The third kappa shape index (κ3) is 4.87. The Bertz CT molecular complexity index is 636. The number of rotatable bonds is 5. The second kappa shape index (κ2) is 9.16. The lowest BCUT2D eigenvalue weighted by atomic mass is 10.1. The highest BCUT2D eigenvalue weighted by Gasteiger charge is 2.17. The number of hydrogen-bond acceptors (Lipinski definition) is 2. The summed E-state index contributed by atoms with van der Waals surface area (Å²) >= 11 is 0. The van der Waals surface area contributed by atoms with Crippen molar-refractivity contribution < 1.29 is 4.79 Å². The van der Waals surface area contributed by atoms with Gasteiger partial charge in [0, 0.05) is 41.8 Å². The number of benzene rings is 1. The van der Waals surface area contributed by atoms with Crippen molar-refractivity contribution in [2.24, 2.45) is 0 Å². The smallest absolute Gasteiger partial charge is 0.225 e. The lowest BCUT2D eigenvalue weighted by molar-refractivity contribution is -0.116.